The maximum atomic E-state index is 13.5. The predicted molar refractivity (Wildman–Crippen MR) is 86.1 cm³/mol. The highest BCUT2D eigenvalue weighted by molar-refractivity contribution is 5.85. The Morgan fingerprint density at radius 1 is 1.19 bits per heavy atom. The summed E-state index contributed by atoms with van der Waals surface area (Å²) in [6.07, 6.45) is 1.61. The van der Waals surface area contributed by atoms with Crippen molar-refractivity contribution in [1.82, 2.24) is 4.98 Å². The number of nitrogens with two attached hydrogens (primary N) is 2. The topological polar surface area (TPSA) is 86.5 Å². The molecule has 0 spiro atoms. The molecule has 0 radical (unpaired) electrons. The molecule has 1 aromatic carbocycles. The van der Waals surface area contributed by atoms with Gasteiger partial charge in [-0.05, 0) is 24.3 Å². The minimum atomic E-state index is -0.500. The fourth-order valence-corrected chi connectivity index (χ4v) is 1.59. The van der Waals surface area contributed by atoms with Gasteiger partial charge in [0.15, 0.2) is 5.96 Å². The highest BCUT2D eigenvalue weighted by Crippen LogP contribution is 2.27. The molecule has 0 fully saturated rings. The van der Waals surface area contributed by atoms with E-state index in [9.17, 15) is 4.39 Å². The van der Waals surface area contributed by atoms with Crippen molar-refractivity contribution in [1.29, 1.82) is 0 Å². The van der Waals surface area contributed by atoms with Crippen molar-refractivity contribution in [2.24, 2.45) is 16.5 Å². The minimum absolute atomic E-state index is 0. The number of benzene rings is 1. The van der Waals surface area contributed by atoms with Gasteiger partial charge in [-0.3, -0.25) is 4.98 Å². The van der Waals surface area contributed by atoms with Crippen molar-refractivity contribution in [2.45, 2.75) is 0 Å². The van der Waals surface area contributed by atoms with Crippen molar-refractivity contribution in [3.63, 3.8) is 0 Å². The zero-order valence-electron chi connectivity index (χ0n) is 11.1. The van der Waals surface area contributed by atoms with Gasteiger partial charge in [0.05, 0.1) is 12.8 Å². The number of ether oxygens (including phenoxy) is 1. The third-order valence-corrected chi connectivity index (χ3v) is 2.46. The number of nitrogens with zero attached hydrogens (tertiary/aromatic N) is 2. The van der Waals surface area contributed by atoms with Crippen molar-refractivity contribution in [3.8, 4) is 17.0 Å². The summed E-state index contributed by atoms with van der Waals surface area (Å²) in [4.78, 5) is 7.92. The van der Waals surface area contributed by atoms with Gasteiger partial charge in [0.2, 0.25) is 0 Å². The highest BCUT2D eigenvalue weighted by atomic mass is 35.5. The third-order valence-electron chi connectivity index (χ3n) is 2.46. The Balaban J connectivity index is 0.00000200. The van der Waals surface area contributed by atoms with Crippen LogP contribution in [0.15, 0.2) is 41.5 Å². The van der Waals surface area contributed by atoms with E-state index in [2.05, 4.69) is 9.98 Å². The van der Waals surface area contributed by atoms with Crippen LogP contribution in [0.5, 0.6) is 5.75 Å². The molecule has 2 rings (SSSR count). The summed E-state index contributed by atoms with van der Waals surface area (Å²) in [6.45, 7) is 0. The Labute approximate surface area is 134 Å². The first-order valence-corrected chi connectivity index (χ1v) is 5.50. The Hall–Kier alpha value is -2.05. The third kappa shape index (κ3) is 4.77. The predicted octanol–water partition coefficient (Wildman–Crippen LogP) is 2.64. The van der Waals surface area contributed by atoms with Crippen LogP contribution in [0.25, 0.3) is 11.3 Å². The zero-order valence-corrected chi connectivity index (χ0v) is 12.7. The molecule has 1 aromatic heterocycles. The van der Waals surface area contributed by atoms with E-state index >= 15 is 0 Å². The lowest BCUT2D eigenvalue weighted by Crippen LogP contribution is -2.22. The van der Waals surface area contributed by atoms with E-state index in [0.29, 0.717) is 17.0 Å². The van der Waals surface area contributed by atoms with Crippen LogP contribution >= 0.6 is 24.8 Å². The monoisotopic (exact) mass is 332 g/mol. The second-order valence-corrected chi connectivity index (χ2v) is 3.78. The van der Waals surface area contributed by atoms with E-state index in [4.69, 9.17) is 16.2 Å². The second kappa shape index (κ2) is 8.28. The van der Waals surface area contributed by atoms with Gasteiger partial charge in [0.1, 0.15) is 17.3 Å². The highest BCUT2D eigenvalue weighted by Gasteiger charge is 2.06. The van der Waals surface area contributed by atoms with E-state index in [1.165, 1.54) is 12.1 Å². The first-order valence-electron chi connectivity index (χ1n) is 5.50. The fraction of sp³-hybridized carbons (Fsp3) is 0.0769. The number of aromatic nitrogens is 1. The Morgan fingerprint density at radius 3 is 2.52 bits per heavy atom. The number of hydrogen-bond donors (Lipinski definition) is 2. The molecule has 0 aliphatic heterocycles. The first kappa shape index (κ1) is 18.9. The summed E-state index contributed by atoms with van der Waals surface area (Å²) in [5.41, 5.74) is 11.9. The molecule has 5 nitrogen and oxygen atoms in total. The molecule has 8 heteroatoms. The van der Waals surface area contributed by atoms with Crippen LogP contribution < -0.4 is 16.2 Å². The number of methoxy groups -OCH3 is 1. The minimum Gasteiger partial charge on any atom is -0.497 e. The van der Waals surface area contributed by atoms with Crippen LogP contribution in [-0.4, -0.2) is 18.1 Å². The molecule has 0 saturated heterocycles. The Morgan fingerprint density at radius 2 is 1.90 bits per heavy atom. The van der Waals surface area contributed by atoms with Crippen molar-refractivity contribution >= 4 is 36.5 Å². The molecule has 4 N–H and O–H groups in total. The fourth-order valence-electron chi connectivity index (χ4n) is 1.59. The molecule has 114 valence electrons. The Bertz CT molecular complexity index is 633. The van der Waals surface area contributed by atoms with Gasteiger partial charge in [-0.2, -0.15) is 0 Å². The molecule has 1 heterocycles. The van der Waals surface area contributed by atoms with Gasteiger partial charge in [0.25, 0.3) is 0 Å². The number of guanidine groups is 1. The summed E-state index contributed by atoms with van der Waals surface area (Å²) in [7, 11) is 1.56. The molecule has 0 unspecified atom stereocenters. The lowest BCUT2D eigenvalue weighted by Gasteiger charge is -2.05. The summed E-state index contributed by atoms with van der Waals surface area (Å²) >= 11 is 0. The lowest BCUT2D eigenvalue weighted by atomic mass is 10.1. The summed E-state index contributed by atoms with van der Waals surface area (Å²) in [6, 6.07) is 7.88. The molecular weight excluding hydrogens is 318 g/mol. The van der Waals surface area contributed by atoms with E-state index < -0.39 is 5.82 Å². The average Bonchev–Trinajstić information content (AvgIpc) is 2.41. The summed E-state index contributed by atoms with van der Waals surface area (Å²) in [5, 5.41) is 0. The molecule has 0 atom stereocenters. The second-order valence-electron chi connectivity index (χ2n) is 3.78. The SMILES string of the molecule is COc1ccnc(-c2ccc(F)c(N=C(N)N)c2)c1.Cl.Cl. The Kier molecular flexibility index (Phi) is 7.48. The van der Waals surface area contributed by atoms with Gasteiger partial charge in [-0.25, -0.2) is 9.38 Å². The van der Waals surface area contributed by atoms with Gasteiger partial charge in [0, 0.05) is 17.8 Å². The number of rotatable bonds is 3. The van der Waals surface area contributed by atoms with Crippen LogP contribution in [0.2, 0.25) is 0 Å². The van der Waals surface area contributed by atoms with Crippen LogP contribution in [0.4, 0.5) is 10.1 Å². The standard InChI is InChI=1S/C13H13FN4O.2ClH/c1-19-9-4-5-17-11(7-9)8-2-3-10(14)12(6-8)18-13(15)16;;/h2-7H,1H3,(H4,15,16,18);2*1H. The normalized spacial score (nSPS) is 9.05. The average molecular weight is 333 g/mol. The van der Waals surface area contributed by atoms with Crippen LogP contribution in [0.1, 0.15) is 0 Å². The molecule has 0 amide bonds. The molecule has 2 aromatic rings. The van der Waals surface area contributed by atoms with Crippen LogP contribution in [0, 0.1) is 5.82 Å². The maximum Gasteiger partial charge on any atom is 0.191 e. The number of hydrogen-bond acceptors (Lipinski definition) is 3. The molecule has 0 aliphatic carbocycles. The maximum absolute atomic E-state index is 13.5. The largest absolute Gasteiger partial charge is 0.497 e. The first-order chi connectivity index (χ1) is 9.10. The van der Waals surface area contributed by atoms with Crippen molar-refractivity contribution in [2.75, 3.05) is 7.11 Å². The molecule has 0 saturated carbocycles. The van der Waals surface area contributed by atoms with Gasteiger partial charge in [-0.1, -0.05) is 0 Å². The molecule has 0 bridgehead atoms. The lowest BCUT2D eigenvalue weighted by molar-refractivity contribution is 0.414. The van der Waals surface area contributed by atoms with Crippen molar-refractivity contribution in [3.05, 3.63) is 42.3 Å². The van der Waals surface area contributed by atoms with Gasteiger partial charge in [-0.15, -0.1) is 24.8 Å². The van der Waals surface area contributed by atoms with Crippen molar-refractivity contribution < 1.29 is 9.13 Å². The number of aliphatic imine (C=N–C) groups is 1. The van der Waals surface area contributed by atoms with E-state index in [1.54, 1.807) is 31.5 Å². The van der Waals surface area contributed by atoms with E-state index in [0.717, 1.165) is 0 Å². The van der Waals surface area contributed by atoms with Crippen LogP contribution in [-0.2, 0) is 0 Å². The molecule has 21 heavy (non-hydrogen) atoms. The number of halogens is 3. The van der Waals surface area contributed by atoms with E-state index in [1.807, 2.05) is 0 Å². The van der Waals surface area contributed by atoms with Gasteiger partial charge < -0.3 is 16.2 Å². The zero-order chi connectivity index (χ0) is 13.8. The smallest absolute Gasteiger partial charge is 0.191 e. The number of pyridine rings is 1. The molecular formula is C13H15Cl2FN4O. The van der Waals surface area contributed by atoms with Crippen LogP contribution in [0.3, 0.4) is 0 Å². The molecule has 0 aliphatic rings. The summed E-state index contributed by atoms with van der Waals surface area (Å²) in [5.74, 6) is -0.0348. The van der Waals surface area contributed by atoms with E-state index in [-0.39, 0.29) is 36.5 Å². The summed E-state index contributed by atoms with van der Waals surface area (Å²) < 4.78 is 18.6. The van der Waals surface area contributed by atoms with Gasteiger partial charge >= 0.3 is 0 Å². The quantitative estimate of drug-likeness (QED) is 0.668.